The topological polar surface area (TPSA) is 129 Å². The summed E-state index contributed by atoms with van der Waals surface area (Å²) in [6.45, 7) is 3.82. The molecule has 0 spiro atoms. The fraction of sp³-hybridized carbons (Fsp3) is 0.478. The van der Waals surface area contributed by atoms with E-state index in [0.717, 1.165) is 6.07 Å². The van der Waals surface area contributed by atoms with Gasteiger partial charge in [-0.2, -0.15) is 18.4 Å². The predicted molar refractivity (Wildman–Crippen MR) is 119 cm³/mol. The molecule has 1 aliphatic rings. The summed E-state index contributed by atoms with van der Waals surface area (Å²) in [5, 5.41) is 34.8. The Morgan fingerprint density at radius 3 is 2.66 bits per heavy atom. The van der Waals surface area contributed by atoms with Crippen LogP contribution in [0.3, 0.4) is 0 Å². The van der Waals surface area contributed by atoms with Crippen LogP contribution in [0.5, 0.6) is 5.75 Å². The third-order valence-electron chi connectivity index (χ3n) is 5.72. The number of phenols is 1. The molecule has 12 heteroatoms. The maximum Gasteiger partial charge on any atom is 0.416 e. The lowest BCUT2D eigenvalue weighted by molar-refractivity contribution is -0.146. The average Bonchev–Trinajstić information content (AvgIpc) is 2.80. The molecule has 1 aromatic carbocycles. The molecule has 3 N–H and O–H groups in total. The Morgan fingerprint density at radius 1 is 1.34 bits per heavy atom. The molecule has 9 nitrogen and oxygen atoms in total. The first-order valence-electron chi connectivity index (χ1n) is 11.0. The number of halogens is 3. The molecule has 0 saturated carbocycles. The number of ether oxygens (including phenoxy) is 2. The monoisotopic (exact) mass is 493 g/mol. The summed E-state index contributed by atoms with van der Waals surface area (Å²) in [6, 6.07) is 3.01. The SMILES string of the molecule is CCOC(=O)[C@@H]1CC[C@@H](Nc2nnc(-c3c(O)cc(C(F)(F)F)cc3COC)c(C)c2C#N)CN1. The number of nitriles is 1. The van der Waals surface area contributed by atoms with E-state index in [2.05, 4.69) is 26.9 Å². The number of nitrogens with one attached hydrogen (secondary N) is 2. The van der Waals surface area contributed by atoms with Gasteiger partial charge in [0.15, 0.2) is 5.82 Å². The molecule has 1 saturated heterocycles. The largest absolute Gasteiger partial charge is 0.507 e. The second kappa shape index (κ2) is 10.9. The molecule has 1 fully saturated rings. The number of anilines is 1. The zero-order chi connectivity index (χ0) is 25.8. The van der Waals surface area contributed by atoms with Gasteiger partial charge in [-0.3, -0.25) is 4.79 Å². The highest BCUT2D eigenvalue weighted by atomic mass is 19.4. The van der Waals surface area contributed by atoms with Crippen LogP contribution in [0.15, 0.2) is 12.1 Å². The first-order valence-corrected chi connectivity index (χ1v) is 11.0. The number of nitrogens with zero attached hydrogens (tertiary/aromatic N) is 3. The van der Waals surface area contributed by atoms with Crippen molar-refractivity contribution in [1.82, 2.24) is 15.5 Å². The molecule has 1 aromatic heterocycles. The molecule has 3 rings (SSSR count). The van der Waals surface area contributed by atoms with Crippen LogP contribution < -0.4 is 10.6 Å². The van der Waals surface area contributed by atoms with Gasteiger partial charge in [0.25, 0.3) is 0 Å². The van der Waals surface area contributed by atoms with Gasteiger partial charge in [0.2, 0.25) is 0 Å². The van der Waals surface area contributed by atoms with Crippen molar-refractivity contribution in [3.63, 3.8) is 0 Å². The van der Waals surface area contributed by atoms with E-state index < -0.39 is 23.5 Å². The summed E-state index contributed by atoms with van der Waals surface area (Å²) < 4.78 is 49.8. The number of hydrogen-bond acceptors (Lipinski definition) is 9. The number of carbonyl (C=O) groups is 1. The van der Waals surface area contributed by atoms with E-state index in [-0.39, 0.29) is 46.8 Å². The molecule has 0 amide bonds. The number of benzene rings is 1. The number of rotatable bonds is 7. The molecule has 35 heavy (non-hydrogen) atoms. The van der Waals surface area contributed by atoms with E-state index >= 15 is 0 Å². The Bertz CT molecular complexity index is 1130. The number of esters is 1. The van der Waals surface area contributed by atoms with Crippen molar-refractivity contribution in [2.45, 2.75) is 51.6 Å². The van der Waals surface area contributed by atoms with Crippen molar-refractivity contribution in [2.75, 3.05) is 25.6 Å². The summed E-state index contributed by atoms with van der Waals surface area (Å²) in [6.07, 6.45) is -3.52. The van der Waals surface area contributed by atoms with Gasteiger partial charge in [-0.25, -0.2) is 0 Å². The molecule has 0 bridgehead atoms. The highest BCUT2D eigenvalue weighted by Gasteiger charge is 2.33. The molecule has 0 aliphatic carbocycles. The number of carbonyl (C=O) groups excluding carboxylic acids is 1. The third kappa shape index (κ3) is 5.80. The van der Waals surface area contributed by atoms with E-state index in [1.165, 1.54) is 7.11 Å². The lowest BCUT2D eigenvalue weighted by Crippen LogP contribution is -2.49. The summed E-state index contributed by atoms with van der Waals surface area (Å²) in [4.78, 5) is 11.9. The summed E-state index contributed by atoms with van der Waals surface area (Å²) in [5.41, 5.74) is -0.390. The van der Waals surface area contributed by atoms with E-state index in [9.17, 15) is 28.3 Å². The van der Waals surface area contributed by atoms with Crippen molar-refractivity contribution in [3.8, 4) is 23.1 Å². The molecule has 2 heterocycles. The molecule has 1 aliphatic heterocycles. The standard InChI is InChI=1S/C23H26F3N5O4/c1-4-35-22(33)17-6-5-15(10-28-17)29-21-16(9-27)12(2)20(30-31-21)19-13(11-34-3)7-14(8-18(19)32)23(24,25)26/h7-8,15,17,28,32H,4-6,10-11H2,1-3H3,(H,29,31)/t15-,17+/m1/s1. The van der Waals surface area contributed by atoms with E-state index in [0.29, 0.717) is 37.6 Å². The number of aromatic hydroxyl groups is 1. The minimum Gasteiger partial charge on any atom is -0.507 e. The summed E-state index contributed by atoms with van der Waals surface area (Å²) in [5.74, 6) is -0.753. The van der Waals surface area contributed by atoms with Gasteiger partial charge >= 0.3 is 12.1 Å². The quantitative estimate of drug-likeness (QED) is 0.498. The van der Waals surface area contributed by atoms with Crippen LogP contribution in [-0.2, 0) is 27.1 Å². The molecular formula is C23H26F3N5O4. The van der Waals surface area contributed by atoms with E-state index in [4.69, 9.17) is 9.47 Å². The highest BCUT2D eigenvalue weighted by molar-refractivity contribution is 5.77. The minimum absolute atomic E-state index is 0.0181. The van der Waals surface area contributed by atoms with Crippen LogP contribution in [0.25, 0.3) is 11.3 Å². The van der Waals surface area contributed by atoms with Gasteiger partial charge in [0.1, 0.15) is 29.1 Å². The zero-order valence-corrected chi connectivity index (χ0v) is 19.5. The second-order valence-electron chi connectivity index (χ2n) is 8.10. The maximum atomic E-state index is 13.2. The van der Waals surface area contributed by atoms with Crippen LogP contribution >= 0.6 is 0 Å². The molecule has 0 radical (unpaired) electrons. The molecule has 2 aromatic rings. The van der Waals surface area contributed by atoms with Gasteiger partial charge < -0.3 is 25.2 Å². The highest BCUT2D eigenvalue weighted by Crippen LogP contribution is 2.40. The first-order chi connectivity index (χ1) is 16.6. The van der Waals surface area contributed by atoms with Crippen molar-refractivity contribution in [2.24, 2.45) is 0 Å². The third-order valence-corrected chi connectivity index (χ3v) is 5.72. The lowest BCUT2D eigenvalue weighted by Gasteiger charge is -2.29. The smallest absolute Gasteiger partial charge is 0.416 e. The van der Waals surface area contributed by atoms with Crippen LogP contribution in [0, 0.1) is 18.3 Å². The molecule has 2 atom stereocenters. The summed E-state index contributed by atoms with van der Waals surface area (Å²) in [7, 11) is 1.32. The van der Waals surface area contributed by atoms with Gasteiger partial charge in [-0.1, -0.05) is 0 Å². The lowest BCUT2D eigenvalue weighted by atomic mass is 9.95. The Hall–Kier alpha value is -3.43. The maximum absolute atomic E-state index is 13.2. The second-order valence-corrected chi connectivity index (χ2v) is 8.10. The Kier molecular flexibility index (Phi) is 8.14. The zero-order valence-electron chi connectivity index (χ0n) is 19.5. The molecule has 188 valence electrons. The van der Waals surface area contributed by atoms with E-state index in [1.54, 1.807) is 13.8 Å². The van der Waals surface area contributed by atoms with Crippen LogP contribution in [0.4, 0.5) is 19.0 Å². The predicted octanol–water partition coefficient (Wildman–Crippen LogP) is 3.29. The van der Waals surface area contributed by atoms with Crippen molar-refractivity contribution >= 4 is 11.8 Å². The van der Waals surface area contributed by atoms with Gasteiger partial charge in [-0.05, 0) is 49.9 Å². The van der Waals surface area contributed by atoms with Crippen molar-refractivity contribution < 1.29 is 32.5 Å². The van der Waals surface area contributed by atoms with Crippen LogP contribution in [-0.4, -0.2) is 53.6 Å². The average molecular weight is 493 g/mol. The Labute approximate surface area is 200 Å². The normalized spacial score (nSPS) is 18.1. The Morgan fingerprint density at radius 2 is 2.09 bits per heavy atom. The molecule has 0 unspecified atom stereocenters. The van der Waals surface area contributed by atoms with E-state index in [1.807, 2.05) is 0 Å². The van der Waals surface area contributed by atoms with Crippen LogP contribution in [0.1, 0.15) is 42.0 Å². The number of methoxy groups -OCH3 is 1. The summed E-state index contributed by atoms with van der Waals surface area (Å²) >= 11 is 0. The van der Waals surface area contributed by atoms with Crippen LogP contribution in [0.2, 0.25) is 0 Å². The van der Waals surface area contributed by atoms with Crippen molar-refractivity contribution in [1.29, 1.82) is 5.26 Å². The fourth-order valence-electron chi connectivity index (χ4n) is 4.01. The first kappa shape index (κ1) is 26.2. The fourth-order valence-corrected chi connectivity index (χ4v) is 4.01. The van der Waals surface area contributed by atoms with Crippen molar-refractivity contribution in [3.05, 3.63) is 34.4 Å². The number of piperidine rings is 1. The molecular weight excluding hydrogens is 467 g/mol. The minimum atomic E-state index is -4.66. The number of aromatic nitrogens is 2. The number of hydrogen-bond donors (Lipinski definition) is 3. The van der Waals surface area contributed by atoms with Gasteiger partial charge in [-0.15, -0.1) is 10.2 Å². The van der Waals surface area contributed by atoms with Gasteiger partial charge in [0.05, 0.1) is 18.8 Å². The van der Waals surface area contributed by atoms with Gasteiger partial charge in [0, 0.05) is 25.3 Å². The number of alkyl halides is 3. The number of phenolic OH excluding ortho intramolecular Hbond substituents is 1. The Balaban J connectivity index is 1.90.